The summed E-state index contributed by atoms with van der Waals surface area (Å²) in [5.41, 5.74) is 4.35. The molecule has 0 amide bonds. The van der Waals surface area contributed by atoms with Crippen LogP contribution < -0.4 is 5.73 Å². The maximum Gasteiger partial charge on any atom is 0.320 e. The van der Waals surface area contributed by atoms with E-state index in [0.29, 0.717) is 6.42 Å². The third-order valence-electron chi connectivity index (χ3n) is 2.51. The van der Waals surface area contributed by atoms with E-state index in [1.54, 1.807) is 0 Å². The van der Waals surface area contributed by atoms with Crippen LogP contribution in [0.1, 0.15) is 13.3 Å². The van der Waals surface area contributed by atoms with Gasteiger partial charge in [-0.3, -0.25) is 9.59 Å². The predicted molar refractivity (Wildman–Crippen MR) is 39.5 cm³/mol. The van der Waals surface area contributed by atoms with Gasteiger partial charge in [-0.1, -0.05) is 0 Å². The highest BCUT2D eigenvalue weighted by molar-refractivity contribution is 5.82. The lowest BCUT2D eigenvalue weighted by molar-refractivity contribution is -0.144. The van der Waals surface area contributed by atoms with Gasteiger partial charge >= 0.3 is 11.9 Å². The minimum atomic E-state index is -1.13. The molecule has 0 unspecified atom stereocenters. The molecule has 1 fully saturated rings. The number of aliphatic carboxylic acids is 2. The quantitative estimate of drug-likeness (QED) is 0.534. The van der Waals surface area contributed by atoms with Gasteiger partial charge < -0.3 is 15.9 Å². The van der Waals surface area contributed by atoms with Crippen LogP contribution in [0.3, 0.4) is 0 Å². The highest BCUT2D eigenvalue weighted by Gasteiger charge is 2.60. The van der Waals surface area contributed by atoms with Gasteiger partial charge in [0.2, 0.25) is 0 Å². The number of hydrogen-bond acceptors (Lipinski definition) is 3. The van der Waals surface area contributed by atoms with Gasteiger partial charge in [0.15, 0.2) is 0 Å². The molecule has 4 N–H and O–H groups in total. The molecule has 12 heavy (non-hydrogen) atoms. The predicted octanol–water partition coefficient (Wildman–Crippen LogP) is -0.491. The fraction of sp³-hybridized carbons (Fsp3) is 0.714. The zero-order valence-electron chi connectivity index (χ0n) is 6.65. The summed E-state index contributed by atoms with van der Waals surface area (Å²) in [5, 5.41) is 17.2. The van der Waals surface area contributed by atoms with Crippen molar-refractivity contribution in [3.8, 4) is 0 Å². The van der Waals surface area contributed by atoms with E-state index in [1.807, 2.05) is 0 Å². The first-order valence-corrected chi connectivity index (χ1v) is 3.61. The van der Waals surface area contributed by atoms with Gasteiger partial charge in [-0.15, -0.1) is 0 Å². The molecule has 0 aromatic heterocycles. The molecule has 0 bridgehead atoms. The smallest absolute Gasteiger partial charge is 0.320 e. The van der Waals surface area contributed by atoms with Crippen LogP contribution in [0.2, 0.25) is 0 Å². The number of carboxylic acid groups (broad SMARTS) is 2. The topological polar surface area (TPSA) is 101 Å². The first-order chi connectivity index (χ1) is 5.39. The summed E-state index contributed by atoms with van der Waals surface area (Å²) < 4.78 is 0. The Morgan fingerprint density at radius 2 is 2.08 bits per heavy atom. The van der Waals surface area contributed by atoms with E-state index in [9.17, 15) is 9.59 Å². The lowest BCUT2D eigenvalue weighted by Crippen LogP contribution is -2.35. The van der Waals surface area contributed by atoms with Crippen molar-refractivity contribution in [3.63, 3.8) is 0 Å². The molecule has 68 valence electrons. The van der Waals surface area contributed by atoms with Crippen molar-refractivity contribution < 1.29 is 19.8 Å². The van der Waals surface area contributed by atoms with Gasteiger partial charge in [0.05, 0.1) is 5.41 Å². The number of nitrogens with two attached hydrogens (primary N) is 1. The highest BCUT2D eigenvalue weighted by Crippen LogP contribution is 2.53. The lowest BCUT2D eigenvalue weighted by atomic mass is 10.0. The van der Waals surface area contributed by atoms with Crippen molar-refractivity contribution in [3.05, 3.63) is 0 Å². The van der Waals surface area contributed by atoms with Crippen LogP contribution in [0.4, 0.5) is 0 Å². The Kier molecular flexibility index (Phi) is 1.83. The molecule has 1 saturated carbocycles. The van der Waals surface area contributed by atoms with Gasteiger partial charge in [-0.05, 0) is 13.3 Å². The Labute approximate surface area is 69.2 Å². The second-order valence-electron chi connectivity index (χ2n) is 3.40. The summed E-state index contributed by atoms with van der Waals surface area (Å²) in [6, 6.07) is -1.05. The van der Waals surface area contributed by atoms with Gasteiger partial charge in [0, 0.05) is 5.92 Å². The average molecular weight is 173 g/mol. The molecule has 0 aliphatic heterocycles. The molecule has 0 aromatic carbocycles. The van der Waals surface area contributed by atoms with Crippen LogP contribution in [0.15, 0.2) is 0 Å². The molecule has 1 aliphatic rings. The molecule has 5 heteroatoms. The Bertz CT molecular complexity index is 240. The summed E-state index contributed by atoms with van der Waals surface area (Å²) in [6.45, 7) is 1.52. The van der Waals surface area contributed by atoms with E-state index in [-0.39, 0.29) is 0 Å². The third-order valence-corrected chi connectivity index (χ3v) is 2.51. The summed E-state index contributed by atoms with van der Waals surface area (Å²) in [5.74, 6) is -2.53. The van der Waals surface area contributed by atoms with Crippen molar-refractivity contribution in [1.29, 1.82) is 0 Å². The molecule has 3 atom stereocenters. The Morgan fingerprint density at radius 1 is 1.58 bits per heavy atom. The fourth-order valence-corrected chi connectivity index (χ4v) is 1.34. The Balaban J connectivity index is 2.63. The number of carbonyl (C=O) groups is 2. The summed E-state index contributed by atoms with van der Waals surface area (Å²) in [7, 11) is 0. The molecule has 0 radical (unpaired) electrons. The molecule has 1 rings (SSSR count). The maximum atomic E-state index is 10.6. The van der Waals surface area contributed by atoms with Crippen LogP contribution in [0.5, 0.6) is 0 Å². The van der Waals surface area contributed by atoms with Gasteiger partial charge in [0.25, 0.3) is 0 Å². The fourth-order valence-electron chi connectivity index (χ4n) is 1.34. The van der Waals surface area contributed by atoms with Crippen molar-refractivity contribution in [1.82, 2.24) is 0 Å². The first kappa shape index (κ1) is 8.99. The molecule has 5 nitrogen and oxygen atoms in total. The molecule has 1 aliphatic carbocycles. The lowest BCUT2D eigenvalue weighted by Gasteiger charge is -2.08. The Hall–Kier alpha value is -1.10. The molecule has 0 spiro atoms. The second kappa shape index (κ2) is 2.45. The van der Waals surface area contributed by atoms with Gasteiger partial charge in [-0.2, -0.15) is 0 Å². The third kappa shape index (κ3) is 1.16. The van der Waals surface area contributed by atoms with Crippen molar-refractivity contribution in [2.24, 2.45) is 17.1 Å². The van der Waals surface area contributed by atoms with Crippen LogP contribution >= 0.6 is 0 Å². The molecule has 0 saturated heterocycles. The van der Waals surface area contributed by atoms with Crippen LogP contribution in [0.25, 0.3) is 0 Å². The maximum absolute atomic E-state index is 10.6. The normalized spacial score (nSPS) is 35.7. The highest BCUT2D eigenvalue weighted by atomic mass is 16.4. The Morgan fingerprint density at radius 3 is 2.33 bits per heavy atom. The summed E-state index contributed by atoms with van der Waals surface area (Å²) in [4.78, 5) is 20.9. The number of rotatable bonds is 3. The zero-order chi connectivity index (χ0) is 9.52. The van der Waals surface area contributed by atoms with E-state index in [1.165, 1.54) is 6.92 Å². The SMILES string of the molecule is C[C@]1(C(=O)O)C[C@H]1[C@H](N)C(=O)O. The number of hydrogen-bond donors (Lipinski definition) is 3. The van der Waals surface area contributed by atoms with Crippen LogP contribution in [0, 0.1) is 11.3 Å². The monoisotopic (exact) mass is 173 g/mol. The first-order valence-electron chi connectivity index (χ1n) is 3.61. The standard InChI is InChI=1S/C7H11NO4/c1-7(6(11)12)2-3(7)4(8)5(9)10/h3-4H,2,8H2,1H3,(H,9,10)(H,11,12)/t3-,4-,7-/m0/s1. The average Bonchev–Trinajstić information content (AvgIpc) is 2.62. The van der Waals surface area contributed by atoms with Crippen molar-refractivity contribution in [2.45, 2.75) is 19.4 Å². The number of carboxylic acids is 2. The van der Waals surface area contributed by atoms with E-state index in [0.717, 1.165) is 0 Å². The summed E-state index contributed by atoms with van der Waals surface area (Å²) >= 11 is 0. The van der Waals surface area contributed by atoms with E-state index in [2.05, 4.69) is 0 Å². The van der Waals surface area contributed by atoms with Crippen LogP contribution in [-0.4, -0.2) is 28.2 Å². The molecule has 0 aromatic rings. The molecular weight excluding hydrogens is 162 g/mol. The minimum Gasteiger partial charge on any atom is -0.481 e. The van der Waals surface area contributed by atoms with E-state index < -0.39 is 29.3 Å². The minimum absolute atomic E-state index is 0.357. The molecular formula is C7H11NO4. The van der Waals surface area contributed by atoms with Crippen molar-refractivity contribution >= 4 is 11.9 Å². The molecule has 0 heterocycles. The van der Waals surface area contributed by atoms with Crippen molar-refractivity contribution in [2.75, 3.05) is 0 Å². The van der Waals surface area contributed by atoms with E-state index >= 15 is 0 Å². The largest absolute Gasteiger partial charge is 0.481 e. The van der Waals surface area contributed by atoms with Gasteiger partial charge in [0.1, 0.15) is 6.04 Å². The van der Waals surface area contributed by atoms with E-state index in [4.69, 9.17) is 15.9 Å². The summed E-state index contributed by atoms with van der Waals surface area (Å²) in [6.07, 6.45) is 0.357. The second-order valence-corrected chi connectivity index (χ2v) is 3.40. The zero-order valence-corrected chi connectivity index (χ0v) is 6.65. The van der Waals surface area contributed by atoms with Crippen LogP contribution in [-0.2, 0) is 9.59 Å². The van der Waals surface area contributed by atoms with Gasteiger partial charge in [-0.25, -0.2) is 0 Å².